The Bertz CT molecular complexity index is 1610. The van der Waals surface area contributed by atoms with Crippen LogP contribution in [-0.2, 0) is 0 Å². The molecule has 0 aliphatic heterocycles. The summed E-state index contributed by atoms with van der Waals surface area (Å²) in [4.78, 5) is 24.1. The number of hydrogen-bond donors (Lipinski definition) is 2. The summed E-state index contributed by atoms with van der Waals surface area (Å²) < 4.78 is 3.93. The molecule has 0 fully saturated rings. The van der Waals surface area contributed by atoms with E-state index in [9.17, 15) is 0 Å². The van der Waals surface area contributed by atoms with Crippen LogP contribution in [0.25, 0.3) is 33.6 Å². The van der Waals surface area contributed by atoms with Gasteiger partial charge in [0, 0.05) is 72.1 Å². The molecule has 4 heterocycles. The number of phenolic OH excluding ortho intramolecular Hbond substituents is 2. The van der Waals surface area contributed by atoms with Gasteiger partial charge in [0.15, 0.2) is 0 Å². The molecule has 0 radical (unpaired) electrons. The van der Waals surface area contributed by atoms with Crippen LogP contribution in [0.4, 0.5) is 0 Å². The van der Waals surface area contributed by atoms with E-state index in [-0.39, 0.29) is 11.5 Å². The van der Waals surface area contributed by atoms with Crippen LogP contribution in [0.3, 0.4) is 0 Å². The Morgan fingerprint density at radius 2 is 0.762 bits per heavy atom. The second kappa shape index (κ2) is 13.8. The summed E-state index contributed by atoms with van der Waals surface area (Å²) in [6.07, 6.45) is 21.2. The van der Waals surface area contributed by atoms with E-state index in [1.165, 1.54) is 36.9 Å². The number of imidazole rings is 2. The molecule has 3 aromatic carbocycles. The number of nitrogens with zero attached hydrogens (tertiary/aromatic N) is 8. The lowest BCUT2D eigenvalue weighted by atomic mass is 10.1. The molecule has 7 aromatic rings. The zero-order valence-electron chi connectivity index (χ0n) is 22.3. The molecule has 0 amide bonds. The summed E-state index contributed by atoms with van der Waals surface area (Å²) in [7, 11) is 0. The van der Waals surface area contributed by atoms with Gasteiger partial charge in [0.05, 0.1) is 12.7 Å². The van der Waals surface area contributed by atoms with Crippen molar-refractivity contribution in [1.82, 2.24) is 39.0 Å². The number of rotatable bonds is 4. The first-order chi connectivity index (χ1) is 20.7. The largest absolute Gasteiger partial charge is 0.508 e. The van der Waals surface area contributed by atoms with Gasteiger partial charge in [0.2, 0.25) is 0 Å². The molecule has 0 bridgehead atoms. The molecule has 0 aliphatic rings. The Hall–Kier alpha value is -6.16. The van der Waals surface area contributed by atoms with Crippen LogP contribution in [-0.4, -0.2) is 49.3 Å². The first-order valence-corrected chi connectivity index (χ1v) is 12.8. The van der Waals surface area contributed by atoms with Crippen LogP contribution >= 0.6 is 0 Å². The van der Waals surface area contributed by atoms with Gasteiger partial charge in [-0.15, -0.1) is 0 Å². The molecule has 0 aliphatic carbocycles. The maximum absolute atomic E-state index is 8.65. The van der Waals surface area contributed by atoms with Crippen molar-refractivity contribution in [1.29, 1.82) is 0 Å². The molecular weight excluding hydrogens is 528 g/mol. The summed E-state index contributed by atoms with van der Waals surface area (Å²) in [6.45, 7) is 0. The van der Waals surface area contributed by atoms with Crippen LogP contribution in [0.15, 0.2) is 148 Å². The minimum absolute atomic E-state index is 0.169. The van der Waals surface area contributed by atoms with Crippen molar-refractivity contribution in [3.63, 3.8) is 0 Å². The van der Waals surface area contributed by atoms with E-state index in [0.29, 0.717) is 0 Å². The predicted molar refractivity (Wildman–Crippen MR) is 159 cm³/mol. The highest BCUT2D eigenvalue weighted by molar-refractivity contribution is 5.63. The van der Waals surface area contributed by atoms with Gasteiger partial charge in [0.1, 0.15) is 24.2 Å². The predicted octanol–water partition coefficient (Wildman–Crippen LogP) is 5.76. The highest BCUT2D eigenvalue weighted by Crippen LogP contribution is 2.20. The SMILES string of the molecule is Oc1ccc(O)cc1.c1cn(-c2ccc(-c3cncnc3)cc2)cn1.c1cn(-c2ccc(-c3cncnc3)cc2)cn1. The van der Waals surface area contributed by atoms with Crippen LogP contribution in [0.1, 0.15) is 0 Å². The second-order valence-electron chi connectivity index (χ2n) is 8.80. The van der Waals surface area contributed by atoms with Crippen molar-refractivity contribution in [2.75, 3.05) is 0 Å². The molecule has 10 heteroatoms. The van der Waals surface area contributed by atoms with E-state index in [4.69, 9.17) is 10.2 Å². The van der Waals surface area contributed by atoms with Crippen LogP contribution < -0.4 is 0 Å². The standard InChI is InChI=1S/2C13H10N4.C6H6O2/c2*1-3-13(17-6-5-14-10-17)4-2-11(1)12-7-15-9-16-8-12;7-5-1-2-6(8)4-3-5/h2*1-10H;1-4,7-8H. The van der Waals surface area contributed by atoms with E-state index < -0.39 is 0 Å². The van der Waals surface area contributed by atoms with Gasteiger partial charge in [-0.25, -0.2) is 29.9 Å². The zero-order valence-corrected chi connectivity index (χ0v) is 22.3. The average Bonchev–Trinajstić information content (AvgIpc) is 3.80. The van der Waals surface area contributed by atoms with Crippen molar-refractivity contribution in [2.45, 2.75) is 0 Å². The highest BCUT2D eigenvalue weighted by Gasteiger charge is 2.00. The lowest BCUT2D eigenvalue weighted by molar-refractivity contribution is 0.460. The molecule has 0 atom stereocenters. The van der Waals surface area contributed by atoms with E-state index in [1.807, 2.05) is 70.1 Å². The van der Waals surface area contributed by atoms with E-state index >= 15 is 0 Å². The normalized spacial score (nSPS) is 10.1. The van der Waals surface area contributed by atoms with Crippen molar-refractivity contribution in [3.8, 4) is 45.1 Å². The quantitative estimate of drug-likeness (QED) is 0.263. The third kappa shape index (κ3) is 7.48. The second-order valence-corrected chi connectivity index (χ2v) is 8.80. The average molecular weight is 555 g/mol. The Labute approximate surface area is 242 Å². The number of phenols is 2. The molecular formula is C32H26N8O2. The molecule has 10 nitrogen and oxygen atoms in total. The minimum atomic E-state index is 0.169. The number of benzene rings is 3. The Kier molecular flexibility index (Phi) is 8.98. The third-order valence-electron chi connectivity index (χ3n) is 5.98. The fourth-order valence-corrected chi connectivity index (χ4v) is 3.82. The van der Waals surface area contributed by atoms with Gasteiger partial charge in [-0.05, 0) is 59.7 Å². The summed E-state index contributed by atoms with van der Waals surface area (Å²) in [5, 5.41) is 17.3. The molecule has 0 unspecified atom stereocenters. The molecule has 2 N–H and O–H groups in total. The Balaban J connectivity index is 0.000000135. The topological polar surface area (TPSA) is 128 Å². The summed E-state index contributed by atoms with van der Waals surface area (Å²) >= 11 is 0. The summed E-state index contributed by atoms with van der Waals surface area (Å²) in [5.74, 6) is 0.339. The molecule has 42 heavy (non-hydrogen) atoms. The monoisotopic (exact) mass is 554 g/mol. The van der Waals surface area contributed by atoms with Crippen molar-refractivity contribution in [3.05, 3.63) is 148 Å². The van der Waals surface area contributed by atoms with Crippen LogP contribution in [0.5, 0.6) is 11.5 Å². The Morgan fingerprint density at radius 3 is 1.07 bits per heavy atom. The molecule has 4 aromatic heterocycles. The smallest absolute Gasteiger partial charge is 0.115 e. The maximum atomic E-state index is 8.65. The van der Waals surface area contributed by atoms with Gasteiger partial charge in [0.25, 0.3) is 0 Å². The van der Waals surface area contributed by atoms with Crippen molar-refractivity contribution < 1.29 is 10.2 Å². The maximum Gasteiger partial charge on any atom is 0.115 e. The lowest BCUT2D eigenvalue weighted by Crippen LogP contribution is -1.89. The van der Waals surface area contributed by atoms with Gasteiger partial charge >= 0.3 is 0 Å². The fraction of sp³-hybridized carbons (Fsp3) is 0. The summed E-state index contributed by atoms with van der Waals surface area (Å²) in [5.41, 5.74) is 6.42. The van der Waals surface area contributed by atoms with Crippen molar-refractivity contribution in [2.24, 2.45) is 0 Å². The highest BCUT2D eigenvalue weighted by atomic mass is 16.3. The summed E-state index contributed by atoms with van der Waals surface area (Å²) in [6, 6.07) is 22.1. The third-order valence-corrected chi connectivity index (χ3v) is 5.98. The molecule has 0 saturated carbocycles. The molecule has 206 valence electrons. The number of hydrogen-bond acceptors (Lipinski definition) is 8. The van der Waals surface area contributed by atoms with Crippen LogP contribution in [0.2, 0.25) is 0 Å². The van der Waals surface area contributed by atoms with E-state index in [2.05, 4.69) is 29.9 Å². The molecule has 0 saturated heterocycles. The number of aromatic nitrogens is 8. The first-order valence-electron chi connectivity index (χ1n) is 12.8. The van der Waals surface area contributed by atoms with Gasteiger partial charge in [-0.1, -0.05) is 24.3 Å². The number of aromatic hydroxyl groups is 2. The molecule has 7 rings (SSSR count). The zero-order chi connectivity index (χ0) is 29.0. The first kappa shape index (κ1) is 27.4. The van der Waals surface area contributed by atoms with Gasteiger partial charge in [-0.2, -0.15) is 0 Å². The lowest BCUT2D eigenvalue weighted by Gasteiger charge is -2.04. The van der Waals surface area contributed by atoms with Gasteiger partial charge in [-0.3, -0.25) is 0 Å². The minimum Gasteiger partial charge on any atom is -0.508 e. The van der Waals surface area contributed by atoms with E-state index in [0.717, 1.165) is 33.6 Å². The van der Waals surface area contributed by atoms with E-state index in [1.54, 1.807) is 49.8 Å². The molecule has 0 spiro atoms. The van der Waals surface area contributed by atoms with Gasteiger partial charge < -0.3 is 19.3 Å². The van der Waals surface area contributed by atoms with Crippen LogP contribution in [0, 0.1) is 0 Å². The fourth-order valence-electron chi connectivity index (χ4n) is 3.82. The Morgan fingerprint density at radius 1 is 0.405 bits per heavy atom. The van der Waals surface area contributed by atoms with Crippen molar-refractivity contribution >= 4 is 0 Å².